The zero-order valence-electron chi connectivity index (χ0n) is 13.5. The van der Waals surface area contributed by atoms with E-state index in [1.807, 2.05) is 12.1 Å². The highest BCUT2D eigenvalue weighted by Crippen LogP contribution is 2.20. The summed E-state index contributed by atoms with van der Waals surface area (Å²) in [6.07, 6.45) is 4.28. The molecule has 2 aliphatic heterocycles. The van der Waals surface area contributed by atoms with Gasteiger partial charge in [-0.25, -0.2) is 0 Å². The van der Waals surface area contributed by atoms with E-state index in [0.29, 0.717) is 6.54 Å². The predicted octanol–water partition coefficient (Wildman–Crippen LogP) is 2.85. The third-order valence-corrected chi connectivity index (χ3v) is 5.06. The number of benzene rings is 1. The lowest BCUT2D eigenvalue weighted by Gasteiger charge is -2.31. The summed E-state index contributed by atoms with van der Waals surface area (Å²) in [6.45, 7) is 4.39. The number of hydrogen-bond donors (Lipinski definition) is 1. The van der Waals surface area contributed by atoms with E-state index in [-0.39, 0.29) is 17.9 Å². The molecule has 1 aromatic rings. The van der Waals surface area contributed by atoms with Gasteiger partial charge in [0.2, 0.25) is 5.91 Å². The average molecular weight is 337 g/mol. The molecule has 0 unspecified atom stereocenters. The third kappa shape index (κ3) is 4.93. The molecule has 4 nitrogen and oxygen atoms in total. The molecule has 0 aromatic heterocycles. The fourth-order valence-corrected chi connectivity index (χ4v) is 3.49. The van der Waals surface area contributed by atoms with E-state index >= 15 is 0 Å². The van der Waals surface area contributed by atoms with Gasteiger partial charge in [0.1, 0.15) is 0 Å². The van der Waals surface area contributed by atoms with Crippen molar-refractivity contribution < 1.29 is 9.53 Å². The molecule has 2 saturated heterocycles. The van der Waals surface area contributed by atoms with Crippen molar-refractivity contribution in [2.45, 2.75) is 38.3 Å². The van der Waals surface area contributed by atoms with Gasteiger partial charge < -0.3 is 10.1 Å². The van der Waals surface area contributed by atoms with Crippen LogP contribution in [0.4, 0.5) is 0 Å². The Kier molecular flexibility index (Phi) is 5.92. The van der Waals surface area contributed by atoms with Crippen LogP contribution in [0.15, 0.2) is 24.3 Å². The van der Waals surface area contributed by atoms with E-state index in [0.717, 1.165) is 56.9 Å². The maximum atomic E-state index is 12.3. The minimum atomic E-state index is 0.151. The summed E-state index contributed by atoms with van der Waals surface area (Å²) in [5.41, 5.74) is 1.27. The number of carbonyl (C=O) groups is 1. The molecule has 0 bridgehead atoms. The molecule has 1 atom stereocenters. The molecule has 3 rings (SSSR count). The fourth-order valence-electron chi connectivity index (χ4n) is 3.37. The van der Waals surface area contributed by atoms with Crippen LogP contribution in [0.1, 0.15) is 31.2 Å². The highest BCUT2D eigenvalue weighted by molar-refractivity contribution is 6.30. The van der Waals surface area contributed by atoms with Crippen molar-refractivity contribution in [1.82, 2.24) is 10.2 Å². The minimum Gasteiger partial charge on any atom is -0.376 e. The SMILES string of the molecule is O=C(NC[C@H]1CCCO1)C1CCN(Cc2ccc(Cl)cc2)CC1. The van der Waals surface area contributed by atoms with E-state index in [4.69, 9.17) is 16.3 Å². The zero-order chi connectivity index (χ0) is 16.1. The summed E-state index contributed by atoms with van der Waals surface area (Å²) in [5, 5.41) is 3.84. The number of amides is 1. The number of hydrogen-bond acceptors (Lipinski definition) is 3. The second-order valence-electron chi connectivity index (χ2n) is 6.56. The molecular formula is C18H25ClN2O2. The molecule has 0 saturated carbocycles. The Bertz CT molecular complexity index is 506. The van der Waals surface area contributed by atoms with Crippen LogP contribution >= 0.6 is 11.6 Å². The second-order valence-corrected chi connectivity index (χ2v) is 6.99. The van der Waals surface area contributed by atoms with Gasteiger partial charge in [-0.3, -0.25) is 9.69 Å². The molecule has 1 amide bonds. The van der Waals surface area contributed by atoms with Gasteiger partial charge in [0.25, 0.3) is 0 Å². The van der Waals surface area contributed by atoms with Crippen molar-refractivity contribution in [2.75, 3.05) is 26.2 Å². The van der Waals surface area contributed by atoms with Crippen molar-refractivity contribution in [1.29, 1.82) is 0 Å². The van der Waals surface area contributed by atoms with Crippen LogP contribution in [-0.2, 0) is 16.1 Å². The van der Waals surface area contributed by atoms with Crippen LogP contribution < -0.4 is 5.32 Å². The van der Waals surface area contributed by atoms with Crippen molar-refractivity contribution in [3.8, 4) is 0 Å². The number of likely N-dealkylation sites (tertiary alicyclic amines) is 1. The normalized spacial score (nSPS) is 23.1. The van der Waals surface area contributed by atoms with Gasteiger partial charge in [-0.2, -0.15) is 0 Å². The van der Waals surface area contributed by atoms with Gasteiger partial charge in [0.05, 0.1) is 6.10 Å². The van der Waals surface area contributed by atoms with Crippen LogP contribution in [0.3, 0.4) is 0 Å². The van der Waals surface area contributed by atoms with Crippen molar-refractivity contribution in [3.05, 3.63) is 34.9 Å². The third-order valence-electron chi connectivity index (χ3n) is 4.81. The average Bonchev–Trinajstić information content (AvgIpc) is 3.09. The molecule has 0 spiro atoms. The van der Waals surface area contributed by atoms with E-state index in [1.54, 1.807) is 0 Å². The number of rotatable bonds is 5. The molecule has 2 heterocycles. The minimum absolute atomic E-state index is 0.151. The molecule has 23 heavy (non-hydrogen) atoms. The molecular weight excluding hydrogens is 312 g/mol. The quantitative estimate of drug-likeness (QED) is 0.899. The number of carbonyl (C=O) groups excluding carboxylic acids is 1. The van der Waals surface area contributed by atoms with Crippen molar-refractivity contribution in [2.24, 2.45) is 5.92 Å². The van der Waals surface area contributed by atoms with Crippen molar-refractivity contribution in [3.63, 3.8) is 0 Å². The molecule has 2 fully saturated rings. The van der Waals surface area contributed by atoms with Crippen LogP contribution in [0, 0.1) is 5.92 Å². The van der Waals surface area contributed by atoms with Crippen molar-refractivity contribution >= 4 is 17.5 Å². The largest absolute Gasteiger partial charge is 0.376 e. The standard InChI is InChI=1S/C18H25ClN2O2/c19-16-5-3-14(4-6-16)13-21-9-7-15(8-10-21)18(22)20-12-17-2-1-11-23-17/h3-6,15,17H,1-2,7-13H2,(H,20,22)/t17-/m1/s1. The van der Waals surface area contributed by atoms with E-state index in [2.05, 4.69) is 22.3 Å². The van der Waals surface area contributed by atoms with Gasteiger partial charge in [0.15, 0.2) is 0 Å². The molecule has 0 radical (unpaired) electrons. The molecule has 126 valence electrons. The maximum absolute atomic E-state index is 12.3. The van der Waals surface area contributed by atoms with Gasteiger partial charge in [-0.1, -0.05) is 23.7 Å². The van der Waals surface area contributed by atoms with Gasteiger partial charge in [-0.05, 0) is 56.5 Å². The number of nitrogens with zero attached hydrogens (tertiary/aromatic N) is 1. The van der Waals surface area contributed by atoms with Gasteiger partial charge in [-0.15, -0.1) is 0 Å². The summed E-state index contributed by atoms with van der Waals surface area (Å²) in [4.78, 5) is 14.7. The fraction of sp³-hybridized carbons (Fsp3) is 0.611. The van der Waals surface area contributed by atoms with Gasteiger partial charge >= 0.3 is 0 Å². The molecule has 5 heteroatoms. The number of halogens is 1. The second kappa shape index (κ2) is 8.13. The maximum Gasteiger partial charge on any atom is 0.223 e. The highest BCUT2D eigenvalue weighted by Gasteiger charge is 2.26. The molecule has 0 aliphatic carbocycles. The Morgan fingerprint density at radius 2 is 1.96 bits per heavy atom. The summed E-state index contributed by atoms with van der Waals surface area (Å²) < 4.78 is 5.55. The first-order chi connectivity index (χ1) is 11.2. The Morgan fingerprint density at radius 3 is 2.61 bits per heavy atom. The Labute approximate surface area is 143 Å². The van der Waals surface area contributed by atoms with Crippen LogP contribution in [-0.4, -0.2) is 43.2 Å². The summed E-state index contributed by atoms with van der Waals surface area (Å²) >= 11 is 5.92. The molecule has 2 aliphatic rings. The summed E-state index contributed by atoms with van der Waals surface area (Å²) in [7, 11) is 0. The predicted molar refractivity (Wildman–Crippen MR) is 91.4 cm³/mol. The monoisotopic (exact) mass is 336 g/mol. The smallest absolute Gasteiger partial charge is 0.223 e. The zero-order valence-corrected chi connectivity index (χ0v) is 14.2. The van der Waals surface area contributed by atoms with E-state index in [9.17, 15) is 4.79 Å². The lowest BCUT2D eigenvalue weighted by Crippen LogP contribution is -2.42. The van der Waals surface area contributed by atoms with Crippen LogP contribution in [0.2, 0.25) is 5.02 Å². The lowest BCUT2D eigenvalue weighted by atomic mass is 9.95. The van der Waals surface area contributed by atoms with Gasteiger partial charge in [0, 0.05) is 30.6 Å². The first kappa shape index (κ1) is 16.7. The Balaban J connectivity index is 1.39. The highest BCUT2D eigenvalue weighted by atomic mass is 35.5. The number of ether oxygens (including phenoxy) is 1. The van der Waals surface area contributed by atoms with E-state index < -0.39 is 0 Å². The van der Waals surface area contributed by atoms with E-state index in [1.165, 1.54) is 5.56 Å². The van der Waals surface area contributed by atoms with Crippen LogP contribution in [0.5, 0.6) is 0 Å². The molecule has 1 N–H and O–H groups in total. The lowest BCUT2D eigenvalue weighted by molar-refractivity contribution is -0.127. The summed E-state index contributed by atoms with van der Waals surface area (Å²) in [5.74, 6) is 0.351. The van der Waals surface area contributed by atoms with Crippen LogP contribution in [0.25, 0.3) is 0 Å². The topological polar surface area (TPSA) is 41.6 Å². The number of nitrogens with one attached hydrogen (secondary N) is 1. The number of piperidine rings is 1. The Morgan fingerprint density at radius 1 is 1.22 bits per heavy atom. The first-order valence-corrected chi connectivity index (χ1v) is 8.94. The first-order valence-electron chi connectivity index (χ1n) is 8.57. The summed E-state index contributed by atoms with van der Waals surface area (Å²) in [6, 6.07) is 8.01. The Hall–Kier alpha value is -1.10. The molecule has 1 aromatic carbocycles.